The Balaban J connectivity index is 2.16. The van der Waals surface area contributed by atoms with Crippen molar-refractivity contribution in [1.29, 1.82) is 0 Å². The molecule has 21 heavy (non-hydrogen) atoms. The molecule has 0 atom stereocenters. The molecule has 7 heteroatoms. The Bertz CT molecular complexity index is 794. The Morgan fingerprint density at radius 2 is 2.10 bits per heavy atom. The molecule has 0 spiro atoms. The molecule has 0 fully saturated rings. The van der Waals surface area contributed by atoms with Crippen molar-refractivity contribution in [3.8, 4) is 0 Å². The van der Waals surface area contributed by atoms with Gasteiger partial charge in [-0.05, 0) is 12.1 Å². The second-order valence-electron chi connectivity index (χ2n) is 4.80. The quantitative estimate of drug-likeness (QED) is 0.695. The Morgan fingerprint density at radius 3 is 2.76 bits per heavy atom. The van der Waals surface area contributed by atoms with E-state index in [0.717, 1.165) is 11.6 Å². The highest BCUT2D eigenvalue weighted by molar-refractivity contribution is 6.17. The summed E-state index contributed by atoms with van der Waals surface area (Å²) in [7, 11) is 1.80. The summed E-state index contributed by atoms with van der Waals surface area (Å²) in [6, 6.07) is 2.56. The van der Waals surface area contributed by atoms with Gasteiger partial charge in [0.25, 0.3) is 0 Å². The van der Waals surface area contributed by atoms with Crippen LogP contribution >= 0.6 is 11.6 Å². The third kappa shape index (κ3) is 2.51. The zero-order chi connectivity index (χ0) is 15.0. The van der Waals surface area contributed by atoms with Gasteiger partial charge in [0.2, 0.25) is 0 Å². The molecule has 0 N–H and O–H groups in total. The number of imidazole rings is 1. The van der Waals surface area contributed by atoms with E-state index >= 15 is 0 Å². The molecule has 0 aliphatic heterocycles. The number of aromatic nitrogens is 4. The lowest BCUT2D eigenvalue weighted by Crippen LogP contribution is -2.07. The summed E-state index contributed by atoms with van der Waals surface area (Å²) in [5.41, 5.74) is 1.48. The topological polar surface area (TPSA) is 35.6 Å². The predicted molar refractivity (Wildman–Crippen MR) is 76.4 cm³/mol. The minimum atomic E-state index is -0.885. The van der Waals surface area contributed by atoms with Gasteiger partial charge >= 0.3 is 0 Å². The molecule has 0 saturated carbocycles. The lowest BCUT2D eigenvalue weighted by molar-refractivity contribution is 0.511. The van der Waals surface area contributed by atoms with Crippen LogP contribution in [0.15, 0.2) is 24.5 Å². The van der Waals surface area contributed by atoms with Gasteiger partial charge in [0.05, 0.1) is 18.3 Å². The molecule has 0 amide bonds. The molecule has 3 rings (SSSR count). The summed E-state index contributed by atoms with van der Waals surface area (Å²) in [6.07, 6.45) is 4.00. The molecule has 110 valence electrons. The molecular weight excluding hydrogens is 298 g/mol. The van der Waals surface area contributed by atoms with E-state index in [1.807, 2.05) is 6.20 Å². The molecule has 0 bridgehead atoms. The predicted octanol–water partition coefficient (Wildman–Crippen LogP) is 2.88. The minimum Gasteiger partial charge on any atom is -0.321 e. The average Bonchev–Trinajstić information content (AvgIpc) is 3.00. The number of aryl methyl sites for hydroxylation is 2. The van der Waals surface area contributed by atoms with Crippen LogP contribution in [0.25, 0.3) is 11.0 Å². The molecule has 0 unspecified atom stereocenters. The highest BCUT2D eigenvalue weighted by Crippen LogP contribution is 2.23. The highest BCUT2D eigenvalue weighted by atomic mass is 35.5. The standard InChI is InChI=1S/C14H13ClF2N4/c1-20-7-9(6-18-20)8-21-12(4-5-15)19-11-3-2-10(16)13(17)14(11)21/h2-3,6-7H,4-5,8H2,1H3. The van der Waals surface area contributed by atoms with Crippen LogP contribution in [0.2, 0.25) is 0 Å². The maximum atomic E-state index is 14.1. The number of benzene rings is 1. The van der Waals surface area contributed by atoms with E-state index in [1.54, 1.807) is 22.5 Å². The molecule has 0 saturated heterocycles. The smallest absolute Gasteiger partial charge is 0.184 e. The van der Waals surface area contributed by atoms with Gasteiger partial charge in [0.15, 0.2) is 11.6 Å². The normalized spacial score (nSPS) is 11.4. The van der Waals surface area contributed by atoms with E-state index in [9.17, 15) is 8.78 Å². The first-order valence-corrected chi connectivity index (χ1v) is 7.00. The third-order valence-corrected chi connectivity index (χ3v) is 3.48. The molecule has 0 aliphatic rings. The van der Waals surface area contributed by atoms with Gasteiger partial charge < -0.3 is 4.57 Å². The van der Waals surface area contributed by atoms with Crippen molar-refractivity contribution in [2.24, 2.45) is 7.05 Å². The van der Waals surface area contributed by atoms with Crippen LogP contribution in [0.1, 0.15) is 11.4 Å². The molecule has 0 radical (unpaired) electrons. The summed E-state index contributed by atoms with van der Waals surface area (Å²) in [5, 5.41) is 4.08. The Labute approximate surface area is 125 Å². The van der Waals surface area contributed by atoms with Crippen molar-refractivity contribution < 1.29 is 8.78 Å². The second-order valence-corrected chi connectivity index (χ2v) is 5.18. The van der Waals surface area contributed by atoms with Gasteiger partial charge in [0.1, 0.15) is 11.3 Å². The van der Waals surface area contributed by atoms with Crippen molar-refractivity contribution in [1.82, 2.24) is 19.3 Å². The van der Waals surface area contributed by atoms with Crippen LogP contribution in [-0.2, 0) is 20.0 Å². The van der Waals surface area contributed by atoms with E-state index < -0.39 is 11.6 Å². The van der Waals surface area contributed by atoms with Crippen LogP contribution in [0, 0.1) is 11.6 Å². The van der Waals surface area contributed by atoms with Gasteiger partial charge in [-0.2, -0.15) is 5.10 Å². The van der Waals surface area contributed by atoms with Crippen LogP contribution < -0.4 is 0 Å². The van der Waals surface area contributed by atoms with E-state index in [-0.39, 0.29) is 5.52 Å². The van der Waals surface area contributed by atoms with Gasteiger partial charge in [-0.1, -0.05) is 0 Å². The summed E-state index contributed by atoms with van der Waals surface area (Å²) in [5.74, 6) is -0.772. The van der Waals surface area contributed by atoms with Crippen LogP contribution in [0.3, 0.4) is 0 Å². The fourth-order valence-corrected chi connectivity index (χ4v) is 2.56. The average molecular weight is 311 g/mol. The van der Waals surface area contributed by atoms with Crippen LogP contribution in [0.5, 0.6) is 0 Å². The molecule has 2 heterocycles. The van der Waals surface area contributed by atoms with Crippen molar-refractivity contribution in [2.75, 3.05) is 5.88 Å². The monoisotopic (exact) mass is 310 g/mol. The summed E-state index contributed by atoms with van der Waals surface area (Å²) in [6.45, 7) is 0.372. The number of alkyl halides is 1. The maximum Gasteiger partial charge on any atom is 0.184 e. The molecule has 2 aromatic heterocycles. The number of rotatable bonds is 4. The summed E-state index contributed by atoms with van der Waals surface area (Å²) in [4.78, 5) is 4.35. The van der Waals surface area contributed by atoms with Gasteiger partial charge in [0, 0.05) is 31.1 Å². The second kappa shape index (κ2) is 5.44. The SMILES string of the molecule is Cn1cc(Cn2c(CCCl)nc3ccc(F)c(F)c32)cn1. The molecule has 4 nitrogen and oxygen atoms in total. The first kappa shape index (κ1) is 14.0. The highest BCUT2D eigenvalue weighted by Gasteiger charge is 2.17. The molecular formula is C14H13ClF2N4. The third-order valence-electron chi connectivity index (χ3n) is 3.30. The van der Waals surface area contributed by atoms with Crippen molar-refractivity contribution in [3.63, 3.8) is 0 Å². The van der Waals surface area contributed by atoms with Crippen LogP contribution in [-0.4, -0.2) is 25.2 Å². The Hall–Kier alpha value is -1.95. The van der Waals surface area contributed by atoms with Crippen molar-refractivity contribution >= 4 is 22.6 Å². The van der Waals surface area contributed by atoms with E-state index in [0.29, 0.717) is 30.2 Å². The van der Waals surface area contributed by atoms with E-state index in [2.05, 4.69) is 10.1 Å². The zero-order valence-corrected chi connectivity index (χ0v) is 12.1. The summed E-state index contributed by atoms with van der Waals surface area (Å²) < 4.78 is 31.0. The zero-order valence-electron chi connectivity index (χ0n) is 11.4. The molecule has 0 aliphatic carbocycles. The fraction of sp³-hybridized carbons (Fsp3) is 0.286. The first-order valence-electron chi connectivity index (χ1n) is 6.46. The maximum absolute atomic E-state index is 14.1. The fourth-order valence-electron chi connectivity index (χ4n) is 2.39. The van der Waals surface area contributed by atoms with E-state index in [4.69, 9.17) is 11.6 Å². The summed E-state index contributed by atoms with van der Waals surface area (Å²) >= 11 is 5.78. The van der Waals surface area contributed by atoms with Gasteiger partial charge in [-0.15, -0.1) is 11.6 Å². The molecule has 1 aromatic carbocycles. The Kier molecular flexibility index (Phi) is 3.63. The number of nitrogens with zero attached hydrogens (tertiary/aromatic N) is 4. The van der Waals surface area contributed by atoms with Gasteiger partial charge in [-0.3, -0.25) is 4.68 Å². The lowest BCUT2D eigenvalue weighted by Gasteiger charge is -2.07. The Morgan fingerprint density at radius 1 is 1.29 bits per heavy atom. The number of halogens is 3. The van der Waals surface area contributed by atoms with E-state index in [1.165, 1.54) is 6.07 Å². The number of hydrogen-bond acceptors (Lipinski definition) is 2. The van der Waals surface area contributed by atoms with Gasteiger partial charge in [-0.25, -0.2) is 13.8 Å². The van der Waals surface area contributed by atoms with Crippen molar-refractivity contribution in [2.45, 2.75) is 13.0 Å². The van der Waals surface area contributed by atoms with Crippen LogP contribution in [0.4, 0.5) is 8.78 Å². The lowest BCUT2D eigenvalue weighted by atomic mass is 10.2. The minimum absolute atomic E-state index is 0.166. The number of hydrogen-bond donors (Lipinski definition) is 0. The number of fused-ring (bicyclic) bond motifs is 1. The largest absolute Gasteiger partial charge is 0.321 e. The van der Waals surface area contributed by atoms with Crippen molar-refractivity contribution in [3.05, 3.63) is 47.5 Å². The first-order chi connectivity index (χ1) is 10.1. The molecule has 3 aromatic rings.